The van der Waals surface area contributed by atoms with E-state index in [-0.39, 0.29) is 18.1 Å². The maximum Gasteiger partial charge on any atom is 0.631 e. The molecule has 7 heteroatoms. The summed E-state index contributed by atoms with van der Waals surface area (Å²) < 4.78 is 0. The van der Waals surface area contributed by atoms with Gasteiger partial charge >= 0.3 is 7.32 Å². The van der Waals surface area contributed by atoms with Crippen molar-refractivity contribution in [1.82, 2.24) is 0 Å². The second-order valence-electron chi connectivity index (χ2n) is 4.08. The summed E-state index contributed by atoms with van der Waals surface area (Å²) in [5, 5.41) is 30.3. The van der Waals surface area contributed by atoms with E-state index in [0.29, 0.717) is 6.61 Å². The molecule has 92 valence electrons. The van der Waals surface area contributed by atoms with E-state index in [4.69, 9.17) is 30.0 Å². The molecule has 0 saturated carbocycles. The molecule has 0 aromatic rings. The summed E-state index contributed by atoms with van der Waals surface area (Å²) in [7, 11) is -2.17. The van der Waals surface area contributed by atoms with Gasteiger partial charge in [0.25, 0.3) is 0 Å². The molecule has 0 fully saturated rings. The van der Waals surface area contributed by atoms with Gasteiger partial charge in [0.05, 0.1) is 19.3 Å². The van der Waals surface area contributed by atoms with Crippen LogP contribution in [0.1, 0.15) is 27.7 Å². The first kappa shape index (κ1) is 17.2. The van der Waals surface area contributed by atoms with Gasteiger partial charge in [-0.2, -0.15) is 0 Å². The van der Waals surface area contributed by atoms with Crippen molar-refractivity contribution in [1.29, 1.82) is 0 Å². The molecule has 0 radical (unpaired) electrons. The number of rotatable bonds is 5. The molecule has 0 unspecified atom stereocenters. The fraction of sp³-hybridized carbons (Fsp3) is 1.00. The van der Waals surface area contributed by atoms with Crippen LogP contribution in [-0.4, -0.2) is 46.8 Å². The molecule has 0 heterocycles. The van der Waals surface area contributed by atoms with Gasteiger partial charge in [-0.05, 0) is 13.8 Å². The predicted octanol–water partition coefficient (Wildman–Crippen LogP) is -0.690. The highest BCUT2D eigenvalue weighted by atomic mass is 17.2. The van der Waals surface area contributed by atoms with E-state index in [1.54, 1.807) is 0 Å². The van der Waals surface area contributed by atoms with Crippen LogP contribution >= 0.6 is 0 Å². The minimum atomic E-state index is -2.17. The Morgan fingerprint density at radius 2 is 1.60 bits per heavy atom. The molecule has 0 aliphatic carbocycles. The minimum absolute atomic E-state index is 0.0736. The van der Waals surface area contributed by atoms with E-state index in [9.17, 15) is 0 Å². The number of hydrogen-bond acceptors (Lipinski definition) is 6. The fourth-order valence-corrected chi connectivity index (χ4v) is 0.375. The fourth-order valence-electron chi connectivity index (χ4n) is 0.375. The van der Waals surface area contributed by atoms with Gasteiger partial charge in [0.15, 0.2) is 0 Å². The summed E-state index contributed by atoms with van der Waals surface area (Å²) in [4.78, 5) is 9.76. The molecule has 0 atom stereocenters. The topological polar surface area (TPSA) is 99.4 Å². The van der Waals surface area contributed by atoms with Crippen LogP contribution in [0.2, 0.25) is 0 Å². The molecule has 6 nitrogen and oxygen atoms in total. The van der Waals surface area contributed by atoms with Gasteiger partial charge in [0.1, 0.15) is 0 Å². The van der Waals surface area contributed by atoms with E-state index >= 15 is 0 Å². The molecule has 0 bridgehead atoms. The molecule has 0 spiro atoms. The van der Waals surface area contributed by atoms with Crippen LogP contribution in [0.25, 0.3) is 0 Å². The molecule has 15 heavy (non-hydrogen) atoms. The Labute approximate surface area is 90.6 Å². The van der Waals surface area contributed by atoms with E-state index in [1.165, 1.54) is 0 Å². The molecular weight excluding hydrogens is 203 g/mol. The Kier molecular flexibility index (Phi) is 10.4. The van der Waals surface area contributed by atoms with E-state index in [2.05, 4.69) is 0 Å². The summed E-state index contributed by atoms with van der Waals surface area (Å²) in [5.74, 6) is 0. The highest BCUT2D eigenvalue weighted by Gasteiger charge is 2.17. The lowest BCUT2D eigenvalue weighted by molar-refractivity contribution is -0.330. The van der Waals surface area contributed by atoms with Crippen molar-refractivity contribution in [3.8, 4) is 0 Å². The largest absolute Gasteiger partial charge is 0.631 e. The quantitative estimate of drug-likeness (QED) is 0.280. The average molecular weight is 224 g/mol. The van der Waals surface area contributed by atoms with Crippen molar-refractivity contribution in [3.05, 3.63) is 0 Å². The Morgan fingerprint density at radius 1 is 1.20 bits per heavy atom. The third-order valence-corrected chi connectivity index (χ3v) is 1.14. The van der Waals surface area contributed by atoms with Gasteiger partial charge in [0.2, 0.25) is 0 Å². The van der Waals surface area contributed by atoms with Crippen molar-refractivity contribution in [2.45, 2.75) is 33.8 Å². The molecule has 0 aromatic heterocycles. The number of aliphatic hydroxyl groups is 1. The second kappa shape index (κ2) is 9.08. The lowest BCUT2D eigenvalue weighted by Crippen LogP contribution is -2.24. The summed E-state index contributed by atoms with van der Waals surface area (Å²) in [6, 6.07) is 0. The van der Waals surface area contributed by atoms with Crippen molar-refractivity contribution in [3.63, 3.8) is 0 Å². The van der Waals surface area contributed by atoms with Crippen molar-refractivity contribution in [2.24, 2.45) is 5.41 Å². The molecular formula is C8H21BO6. The number of aliphatic hydroxyl groups excluding tert-OH is 1. The average Bonchev–Trinajstić information content (AvgIpc) is 2.02. The van der Waals surface area contributed by atoms with Crippen LogP contribution in [-0.2, 0) is 9.78 Å². The Hall–Kier alpha value is -0.175. The van der Waals surface area contributed by atoms with Gasteiger partial charge in [0, 0.05) is 5.41 Å². The Bertz CT molecular complexity index is 136. The molecule has 0 aromatic carbocycles. The lowest BCUT2D eigenvalue weighted by Gasteiger charge is -2.20. The van der Waals surface area contributed by atoms with Crippen LogP contribution in [0.4, 0.5) is 0 Å². The van der Waals surface area contributed by atoms with Crippen LogP contribution < -0.4 is 0 Å². The third-order valence-electron chi connectivity index (χ3n) is 1.14. The predicted molar refractivity (Wildman–Crippen MR) is 55.5 cm³/mol. The van der Waals surface area contributed by atoms with Crippen LogP contribution in [0.3, 0.4) is 0 Å². The van der Waals surface area contributed by atoms with Crippen molar-refractivity contribution < 1.29 is 30.0 Å². The second-order valence-corrected chi connectivity index (χ2v) is 4.08. The van der Waals surface area contributed by atoms with Crippen LogP contribution in [0.5, 0.6) is 0 Å². The summed E-state index contributed by atoms with van der Waals surface area (Å²) in [6.07, 6.45) is 0.0736. The van der Waals surface area contributed by atoms with Crippen LogP contribution in [0, 0.1) is 5.41 Å². The zero-order valence-electron chi connectivity index (χ0n) is 9.67. The SMILES string of the molecule is CC(C)OOCC(C)(C)CO.OB(O)O. The van der Waals surface area contributed by atoms with E-state index < -0.39 is 7.32 Å². The molecule has 0 saturated heterocycles. The maximum atomic E-state index is 8.82. The molecule has 0 aliphatic heterocycles. The van der Waals surface area contributed by atoms with Gasteiger partial charge < -0.3 is 20.2 Å². The smallest absolute Gasteiger partial charge is 0.402 e. The molecule has 0 aliphatic rings. The monoisotopic (exact) mass is 224 g/mol. The van der Waals surface area contributed by atoms with Gasteiger partial charge in [-0.1, -0.05) is 13.8 Å². The summed E-state index contributed by atoms with van der Waals surface area (Å²) in [5.41, 5.74) is -0.213. The first-order valence-corrected chi connectivity index (χ1v) is 4.64. The Balaban J connectivity index is 0. The highest BCUT2D eigenvalue weighted by molar-refractivity contribution is 6.30. The first-order chi connectivity index (χ1) is 6.71. The number of hydrogen-bond donors (Lipinski definition) is 4. The normalized spacial score (nSPS) is 11.0. The standard InChI is InChI=1S/C8H18O3.BH3O3/c1-7(2)11-10-6-8(3,4)5-9;2-1(3)4/h7,9H,5-6H2,1-4H3;2-4H. The van der Waals surface area contributed by atoms with Crippen LogP contribution in [0.15, 0.2) is 0 Å². The van der Waals surface area contributed by atoms with Gasteiger partial charge in [-0.25, -0.2) is 9.78 Å². The zero-order chi connectivity index (χ0) is 12.5. The first-order valence-electron chi connectivity index (χ1n) is 4.64. The Morgan fingerprint density at radius 3 is 1.87 bits per heavy atom. The summed E-state index contributed by atoms with van der Waals surface area (Å²) in [6.45, 7) is 8.14. The van der Waals surface area contributed by atoms with E-state index in [1.807, 2.05) is 27.7 Å². The maximum absolute atomic E-state index is 8.82. The zero-order valence-corrected chi connectivity index (χ0v) is 9.67. The van der Waals surface area contributed by atoms with E-state index in [0.717, 1.165) is 0 Å². The summed E-state index contributed by atoms with van der Waals surface area (Å²) >= 11 is 0. The molecule has 4 N–H and O–H groups in total. The van der Waals surface area contributed by atoms with Gasteiger partial charge in [-0.3, -0.25) is 0 Å². The lowest BCUT2D eigenvalue weighted by atomic mass is 9.97. The third kappa shape index (κ3) is 20.0. The highest BCUT2D eigenvalue weighted by Crippen LogP contribution is 2.13. The van der Waals surface area contributed by atoms with Crippen molar-refractivity contribution >= 4 is 7.32 Å². The molecule has 0 amide bonds. The molecule has 0 rings (SSSR count). The van der Waals surface area contributed by atoms with Gasteiger partial charge in [-0.15, -0.1) is 0 Å². The van der Waals surface area contributed by atoms with Crippen molar-refractivity contribution in [2.75, 3.05) is 13.2 Å². The minimum Gasteiger partial charge on any atom is -0.402 e.